The number of amides is 2. The third-order valence-electron chi connectivity index (χ3n) is 1.26. The second kappa shape index (κ2) is 4.41. The van der Waals surface area contributed by atoms with E-state index in [-0.39, 0.29) is 22.6 Å². The highest BCUT2D eigenvalue weighted by molar-refractivity contribution is 7.80. The molecule has 76 valence electrons. The molecule has 0 heterocycles. The normalized spacial score (nSPS) is 13.2. The van der Waals surface area contributed by atoms with Crippen LogP contribution in [0.15, 0.2) is 0 Å². The molecule has 1 atom stereocenters. The van der Waals surface area contributed by atoms with Crippen molar-refractivity contribution in [1.82, 2.24) is 10.6 Å². The van der Waals surface area contributed by atoms with Gasteiger partial charge in [0.1, 0.15) is 0 Å². The van der Waals surface area contributed by atoms with Gasteiger partial charge in [-0.15, -0.1) is 0 Å². The van der Waals surface area contributed by atoms with Gasteiger partial charge < -0.3 is 16.4 Å². The van der Waals surface area contributed by atoms with E-state index in [0.717, 1.165) is 0 Å². The fourth-order valence-corrected chi connectivity index (χ4v) is 0.703. The quantitative estimate of drug-likeness (QED) is 0.580. The van der Waals surface area contributed by atoms with Crippen molar-refractivity contribution in [3.63, 3.8) is 0 Å². The molecule has 0 radical (unpaired) electrons. The van der Waals surface area contributed by atoms with E-state index in [1.54, 1.807) is 6.92 Å². The van der Waals surface area contributed by atoms with E-state index in [9.17, 15) is 4.79 Å². The topological polar surface area (TPSA) is 67.2 Å². The van der Waals surface area contributed by atoms with Crippen molar-refractivity contribution >= 4 is 23.2 Å². The highest BCUT2D eigenvalue weighted by atomic mass is 32.1. The molecule has 2 amide bonds. The van der Waals surface area contributed by atoms with Crippen LogP contribution in [-0.4, -0.2) is 22.6 Å². The maximum absolute atomic E-state index is 11.2. The molecule has 0 spiro atoms. The van der Waals surface area contributed by atoms with Crippen LogP contribution < -0.4 is 16.4 Å². The Bertz CT molecular complexity index is 210. The molecular weight excluding hydrogens is 186 g/mol. The van der Waals surface area contributed by atoms with E-state index in [1.165, 1.54) is 0 Å². The lowest BCUT2D eigenvalue weighted by Gasteiger charge is -2.22. The Labute approximate surface area is 84.3 Å². The molecule has 0 aromatic heterocycles. The van der Waals surface area contributed by atoms with Gasteiger partial charge in [-0.05, 0) is 27.7 Å². The number of thiocarbonyl (C=S) groups is 1. The molecule has 0 bridgehead atoms. The highest BCUT2D eigenvalue weighted by Crippen LogP contribution is 1.97. The lowest BCUT2D eigenvalue weighted by Crippen LogP contribution is -2.51. The highest BCUT2D eigenvalue weighted by Gasteiger charge is 2.15. The fourth-order valence-electron chi connectivity index (χ4n) is 0.644. The summed E-state index contributed by atoms with van der Waals surface area (Å²) in [6.45, 7) is 7.44. The third-order valence-corrected chi connectivity index (χ3v) is 1.62. The molecular formula is C8H17N3OS. The van der Waals surface area contributed by atoms with Gasteiger partial charge in [0.2, 0.25) is 0 Å². The van der Waals surface area contributed by atoms with Crippen LogP contribution in [0.4, 0.5) is 4.79 Å². The minimum Gasteiger partial charge on any atom is -0.392 e. The van der Waals surface area contributed by atoms with E-state index >= 15 is 0 Å². The molecule has 0 aliphatic rings. The first-order chi connectivity index (χ1) is 5.72. The second-order valence-corrected chi connectivity index (χ2v) is 4.44. The minimum atomic E-state index is -0.280. The predicted molar refractivity (Wildman–Crippen MR) is 57.7 cm³/mol. The monoisotopic (exact) mass is 203 g/mol. The Morgan fingerprint density at radius 2 is 1.92 bits per heavy atom. The van der Waals surface area contributed by atoms with E-state index in [0.29, 0.717) is 0 Å². The maximum Gasteiger partial charge on any atom is 0.315 e. The lowest BCUT2D eigenvalue weighted by molar-refractivity contribution is 0.231. The Morgan fingerprint density at radius 1 is 1.46 bits per heavy atom. The molecule has 0 fully saturated rings. The summed E-state index contributed by atoms with van der Waals surface area (Å²) < 4.78 is 0. The molecule has 0 aromatic rings. The zero-order chi connectivity index (χ0) is 10.6. The SMILES string of the molecule is CC(NC(=O)NC(C)(C)C)C(N)=S. The molecule has 1 unspecified atom stereocenters. The number of urea groups is 1. The predicted octanol–water partition coefficient (Wildman–Crippen LogP) is 0.759. The Hall–Kier alpha value is -0.840. The summed E-state index contributed by atoms with van der Waals surface area (Å²) in [4.78, 5) is 11.5. The largest absolute Gasteiger partial charge is 0.392 e. The van der Waals surface area contributed by atoms with Crippen molar-refractivity contribution < 1.29 is 4.79 Å². The van der Waals surface area contributed by atoms with Gasteiger partial charge in [0, 0.05) is 5.54 Å². The Kier molecular flexibility index (Phi) is 4.13. The molecule has 4 nitrogen and oxygen atoms in total. The molecule has 4 N–H and O–H groups in total. The summed E-state index contributed by atoms with van der Waals surface area (Å²) in [6, 6.07) is -0.537. The summed E-state index contributed by atoms with van der Waals surface area (Å²) in [6.07, 6.45) is 0. The smallest absolute Gasteiger partial charge is 0.315 e. The first kappa shape index (κ1) is 12.2. The van der Waals surface area contributed by atoms with Crippen LogP contribution in [0.25, 0.3) is 0 Å². The van der Waals surface area contributed by atoms with Gasteiger partial charge in [-0.25, -0.2) is 4.79 Å². The molecule has 0 saturated heterocycles. The van der Waals surface area contributed by atoms with Crippen LogP contribution in [0, 0.1) is 0 Å². The first-order valence-electron chi connectivity index (χ1n) is 4.10. The van der Waals surface area contributed by atoms with E-state index < -0.39 is 0 Å². The van der Waals surface area contributed by atoms with E-state index in [4.69, 9.17) is 18.0 Å². The number of rotatable bonds is 2. The van der Waals surface area contributed by atoms with Crippen molar-refractivity contribution in [3.05, 3.63) is 0 Å². The number of nitrogens with two attached hydrogens (primary N) is 1. The zero-order valence-corrected chi connectivity index (χ0v) is 9.29. The summed E-state index contributed by atoms with van der Waals surface area (Å²) in [5.74, 6) is 0. The summed E-state index contributed by atoms with van der Waals surface area (Å²) >= 11 is 4.71. The van der Waals surface area contributed by atoms with Crippen LogP contribution in [0.2, 0.25) is 0 Å². The average molecular weight is 203 g/mol. The van der Waals surface area contributed by atoms with Gasteiger partial charge >= 0.3 is 6.03 Å². The van der Waals surface area contributed by atoms with Crippen molar-refractivity contribution in [1.29, 1.82) is 0 Å². The van der Waals surface area contributed by atoms with Gasteiger partial charge in [0.25, 0.3) is 0 Å². The van der Waals surface area contributed by atoms with E-state index in [2.05, 4.69) is 10.6 Å². The fraction of sp³-hybridized carbons (Fsp3) is 0.750. The number of hydrogen-bond acceptors (Lipinski definition) is 2. The molecule has 0 rings (SSSR count). The number of hydrogen-bond donors (Lipinski definition) is 3. The number of carbonyl (C=O) groups excluding carboxylic acids is 1. The molecule has 0 aliphatic carbocycles. The molecule has 0 saturated carbocycles. The van der Waals surface area contributed by atoms with Gasteiger partial charge in [-0.1, -0.05) is 12.2 Å². The average Bonchev–Trinajstić information content (AvgIpc) is 1.81. The lowest BCUT2D eigenvalue weighted by atomic mass is 10.1. The molecule has 13 heavy (non-hydrogen) atoms. The summed E-state index contributed by atoms with van der Waals surface area (Å²) in [5, 5.41) is 5.36. The second-order valence-electron chi connectivity index (χ2n) is 3.97. The van der Waals surface area contributed by atoms with Crippen molar-refractivity contribution in [3.8, 4) is 0 Å². The standard InChI is InChI=1S/C8H17N3OS/c1-5(6(9)13)10-7(12)11-8(2,3)4/h5H,1-4H3,(H2,9,13)(H2,10,11,12). The third kappa shape index (κ3) is 6.33. The first-order valence-corrected chi connectivity index (χ1v) is 4.51. The van der Waals surface area contributed by atoms with Crippen LogP contribution >= 0.6 is 12.2 Å². The molecule has 0 aromatic carbocycles. The Morgan fingerprint density at radius 3 is 2.23 bits per heavy atom. The van der Waals surface area contributed by atoms with Gasteiger partial charge in [-0.2, -0.15) is 0 Å². The van der Waals surface area contributed by atoms with Crippen LogP contribution in [-0.2, 0) is 0 Å². The summed E-state index contributed by atoms with van der Waals surface area (Å²) in [5.41, 5.74) is 5.09. The van der Waals surface area contributed by atoms with Crippen molar-refractivity contribution in [2.75, 3.05) is 0 Å². The number of nitrogens with one attached hydrogen (secondary N) is 2. The van der Waals surface area contributed by atoms with Crippen LogP contribution in [0.5, 0.6) is 0 Å². The minimum absolute atomic E-state index is 0.250. The maximum atomic E-state index is 11.2. The Balaban J connectivity index is 3.96. The van der Waals surface area contributed by atoms with Gasteiger partial charge in [0.15, 0.2) is 0 Å². The van der Waals surface area contributed by atoms with Crippen molar-refractivity contribution in [2.24, 2.45) is 5.73 Å². The van der Waals surface area contributed by atoms with Crippen LogP contribution in [0.1, 0.15) is 27.7 Å². The van der Waals surface area contributed by atoms with E-state index in [1.807, 2.05) is 20.8 Å². The molecule has 0 aliphatic heterocycles. The van der Waals surface area contributed by atoms with Gasteiger partial charge in [-0.3, -0.25) is 0 Å². The van der Waals surface area contributed by atoms with Crippen LogP contribution in [0.3, 0.4) is 0 Å². The zero-order valence-electron chi connectivity index (χ0n) is 8.47. The number of carbonyl (C=O) groups is 1. The summed E-state index contributed by atoms with van der Waals surface area (Å²) in [7, 11) is 0. The molecule has 5 heteroatoms. The van der Waals surface area contributed by atoms with Gasteiger partial charge in [0.05, 0.1) is 11.0 Å². The van der Waals surface area contributed by atoms with Crippen molar-refractivity contribution in [2.45, 2.75) is 39.3 Å².